The van der Waals surface area contributed by atoms with E-state index in [-0.39, 0.29) is 11.8 Å². The maximum absolute atomic E-state index is 12.3. The summed E-state index contributed by atoms with van der Waals surface area (Å²) >= 11 is 0. The third kappa shape index (κ3) is 5.60. The Hall–Kier alpha value is -2.79. The Morgan fingerprint density at radius 3 is 2.36 bits per heavy atom. The number of alkyl halides is 3. The van der Waals surface area contributed by atoms with E-state index >= 15 is 0 Å². The topological polar surface area (TPSA) is 21.3 Å². The number of rotatable bonds is 7. The minimum Gasteiger partial charge on any atom is -0.484 e. The van der Waals surface area contributed by atoms with Gasteiger partial charge in [-0.25, -0.2) is 0 Å². The second-order valence-corrected chi connectivity index (χ2v) is 6.61. The lowest BCUT2D eigenvalue weighted by Crippen LogP contribution is -2.20. The number of ether oxygens (including phenoxy) is 1. The van der Waals surface area contributed by atoms with Crippen molar-refractivity contribution >= 4 is 0 Å². The first kappa shape index (κ1) is 20.0. The highest BCUT2D eigenvalue weighted by Crippen LogP contribution is 2.28. The highest BCUT2D eigenvalue weighted by Gasteiger charge is 2.28. The van der Waals surface area contributed by atoms with Crippen LogP contribution in [0, 0.1) is 0 Å². The lowest BCUT2D eigenvalue weighted by atomic mass is 9.95. The molecule has 0 saturated carbocycles. The molecule has 0 fully saturated rings. The summed E-state index contributed by atoms with van der Waals surface area (Å²) in [6.45, 7) is 1.31. The number of hydrogen-bond donors (Lipinski definition) is 1. The molecule has 2 nitrogen and oxygen atoms in total. The predicted octanol–water partition coefficient (Wildman–Crippen LogP) is 6.15. The van der Waals surface area contributed by atoms with Crippen LogP contribution in [0.3, 0.4) is 0 Å². The minimum absolute atomic E-state index is 0.0659. The molecule has 1 N–H and O–H groups in total. The van der Waals surface area contributed by atoms with Crippen molar-refractivity contribution in [1.29, 1.82) is 0 Å². The van der Waals surface area contributed by atoms with E-state index in [1.165, 1.54) is 6.07 Å². The summed E-state index contributed by atoms with van der Waals surface area (Å²) < 4.78 is 41.8. The Balaban J connectivity index is 1.68. The lowest BCUT2D eigenvalue weighted by Gasteiger charge is -2.19. The van der Waals surface area contributed by atoms with E-state index in [1.807, 2.05) is 36.4 Å². The maximum Gasteiger partial charge on any atom is 0.422 e. The van der Waals surface area contributed by atoms with Crippen LogP contribution in [0.2, 0.25) is 0 Å². The van der Waals surface area contributed by atoms with Gasteiger partial charge in [-0.05, 0) is 41.3 Å². The van der Waals surface area contributed by atoms with Crippen LogP contribution < -0.4 is 10.1 Å². The molecule has 0 aliphatic carbocycles. The minimum atomic E-state index is -4.34. The summed E-state index contributed by atoms with van der Waals surface area (Å²) in [7, 11) is 0. The van der Waals surface area contributed by atoms with Crippen LogP contribution in [0.5, 0.6) is 5.75 Å². The van der Waals surface area contributed by atoms with Crippen LogP contribution in [-0.2, 0) is 6.54 Å². The molecule has 0 bridgehead atoms. The number of hydrogen-bond acceptors (Lipinski definition) is 2. The number of halogens is 3. The van der Waals surface area contributed by atoms with Crippen molar-refractivity contribution in [1.82, 2.24) is 5.32 Å². The van der Waals surface area contributed by atoms with E-state index < -0.39 is 12.8 Å². The fourth-order valence-electron chi connectivity index (χ4n) is 3.05. The molecule has 1 atom stereocenters. The zero-order chi connectivity index (χ0) is 20.0. The molecule has 0 radical (unpaired) electrons. The summed E-state index contributed by atoms with van der Waals surface area (Å²) in [6.07, 6.45) is -4.34. The van der Waals surface area contributed by atoms with E-state index in [0.717, 1.165) is 22.3 Å². The molecule has 0 aliphatic rings. The Bertz CT molecular complexity index is 894. The number of benzene rings is 3. The van der Waals surface area contributed by atoms with Gasteiger partial charge in [-0.2, -0.15) is 13.2 Å². The van der Waals surface area contributed by atoms with E-state index in [1.54, 1.807) is 12.1 Å². The highest BCUT2D eigenvalue weighted by molar-refractivity contribution is 5.67. The molecule has 1 unspecified atom stereocenters. The Labute approximate surface area is 163 Å². The van der Waals surface area contributed by atoms with Crippen LogP contribution in [-0.4, -0.2) is 12.8 Å². The van der Waals surface area contributed by atoms with E-state index in [9.17, 15) is 13.2 Å². The van der Waals surface area contributed by atoms with Crippen LogP contribution >= 0.6 is 0 Å². The molecule has 3 rings (SSSR count). The summed E-state index contributed by atoms with van der Waals surface area (Å²) in [5.74, 6) is 0.217. The zero-order valence-corrected chi connectivity index (χ0v) is 15.5. The van der Waals surface area contributed by atoms with E-state index in [2.05, 4.69) is 36.5 Å². The van der Waals surface area contributed by atoms with Crippen molar-refractivity contribution < 1.29 is 17.9 Å². The molecule has 5 heteroatoms. The van der Waals surface area contributed by atoms with Gasteiger partial charge in [0.2, 0.25) is 0 Å². The van der Waals surface area contributed by atoms with Gasteiger partial charge in [0.1, 0.15) is 5.75 Å². The quantitative estimate of drug-likeness (QED) is 0.527. The predicted molar refractivity (Wildman–Crippen MR) is 105 cm³/mol. The van der Waals surface area contributed by atoms with Crippen molar-refractivity contribution in [2.45, 2.75) is 25.7 Å². The fourth-order valence-corrected chi connectivity index (χ4v) is 3.05. The van der Waals surface area contributed by atoms with Crippen molar-refractivity contribution in [2.75, 3.05) is 6.61 Å². The van der Waals surface area contributed by atoms with Gasteiger partial charge in [-0.15, -0.1) is 0 Å². The SMILES string of the molecule is CC(NCc1cccc(OCC(F)(F)F)c1)c1ccccc1-c1ccccc1. The normalized spacial score (nSPS) is 12.6. The van der Waals surface area contributed by atoms with E-state index in [0.29, 0.717) is 6.54 Å². The lowest BCUT2D eigenvalue weighted by molar-refractivity contribution is -0.153. The van der Waals surface area contributed by atoms with Crippen molar-refractivity contribution in [3.05, 3.63) is 90.0 Å². The van der Waals surface area contributed by atoms with Gasteiger partial charge in [0, 0.05) is 12.6 Å². The van der Waals surface area contributed by atoms with Crippen molar-refractivity contribution in [3.8, 4) is 16.9 Å². The molecular formula is C23H22F3NO. The van der Waals surface area contributed by atoms with Crippen LogP contribution in [0.1, 0.15) is 24.1 Å². The third-order valence-corrected chi connectivity index (χ3v) is 4.43. The van der Waals surface area contributed by atoms with E-state index in [4.69, 9.17) is 4.74 Å². The molecule has 3 aromatic rings. The first-order chi connectivity index (χ1) is 13.4. The molecular weight excluding hydrogens is 363 g/mol. The van der Waals surface area contributed by atoms with Crippen molar-refractivity contribution in [2.24, 2.45) is 0 Å². The van der Waals surface area contributed by atoms with Gasteiger partial charge in [0.05, 0.1) is 0 Å². The highest BCUT2D eigenvalue weighted by atomic mass is 19.4. The Morgan fingerprint density at radius 1 is 0.893 bits per heavy atom. The maximum atomic E-state index is 12.3. The summed E-state index contributed by atoms with van der Waals surface area (Å²) in [5.41, 5.74) is 4.33. The second-order valence-electron chi connectivity index (χ2n) is 6.61. The molecule has 0 saturated heterocycles. The van der Waals surface area contributed by atoms with Gasteiger partial charge in [0.15, 0.2) is 6.61 Å². The van der Waals surface area contributed by atoms with Gasteiger partial charge in [-0.1, -0.05) is 66.7 Å². The Morgan fingerprint density at radius 2 is 1.61 bits per heavy atom. The van der Waals surface area contributed by atoms with Crippen LogP contribution in [0.15, 0.2) is 78.9 Å². The molecule has 146 valence electrons. The molecule has 0 amide bonds. The second kappa shape index (κ2) is 8.93. The standard InChI is InChI=1S/C23H22F3NO/c1-17(21-12-5-6-13-22(21)19-9-3-2-4-10-19)27-15-18-8-7-11-20(14-18)28-16-23(24,25)26/h2-14,17,27H,15-16H2,1H3. The zero-order valence-electron chi connectivity index (χ0n) is 15.5. The fraction of sp³-hybridized carbons (Fsp3) is 0.217. The summed E-state index contributed by atoms with van der Waals surface area (Å²) in [4.78, 5) is 0. The summed E-state index contributed by atoms with van der Waals surface area (Å²) in [6, 6.07) is 25.2. The number of nitrogens with one attached hydrogen (secondary N) is 1. The molecule has 0 heterocycles. The smallest absolute Gasteiger partial charge is 0.422 e. The first-order valence-electron chi connectivity index (χ1n) is 9.08. The summed E-state index contributed by atoms with van der Waals surface area (Å²) in [5, 5.41) is 3.45. The molecule has 0 aliphatic heterocycles. The monoisotopic (exact) mass is 385 g/mol. The average Bonchev–Trinajstić information content (AvgIpc) is 2.71. The van der Waals surface area contributed by atoms with Gasteiger partial charge in [0.25, 0.3) is 0 Å². The largest absolute Gasteiger partial charge is 0.484 e. The van der Waals surface area contributed by atoms with Gasteiger partial charge >= 0.3 is 6.18 Å². The van der Waals surface area contributed by atoms with Gasteiger partial charge < -0.3 is 10.1 Å². The van der Waals surface area contributed by atoms with Crippen LogP contribution in [0.4, 0.5) is 13.2 Å². The molecule has 0 spiro atoms. The van der Waals surface area contributed by atoms with Crippen LogP contribution in [0.25, 0.3) is 11.1 Å². The third-order valence-electron chi connectivity index (χ3n) is 4.43. The Kier molecular flexibility index (Phi) is 6.37. The molecule has 0 aromatic heterocycles. The van der Waals surface area contributed by atoms with Gasteiger partial charge in [-0.3, -0.25) is 0 Å². The van der Waals surface area contributed by atoms with Crippen molar-refractivity contribution in [3.63, 3.8) is 0 Å². The molecule has 28 heavy (non-hydrogen) atoms. The average molecular weight is 385 g/mol. The molecule has 3 aromatic carbocycles. The first-order valence-corrected chi connectivity index (χ1v) is 9.08.